The number of hydrogen-bond donors (Lipinski definition) is 1. The lowest BCUT2D eigenvalue weighted by Gasteiger charge is -2.31. The van der Waals surface area contributed by atoms with Crippen LogP contribution in [0.1, 0.15) is 6.92 Å². The van der Waals surface area contributed by atoms with Crippen LogP contribution in [0.15, 0.2) is 0 Å². The number of ether oxygens (including phenoxy) is 1. The van der Waals surface area contributed by atoms with Gasteiger partial charge in [0.05, 0.1) is 0 Å². The maximum atomic E-state index is 12.6. The summed E-state index contributed by atoms with van der Waals surface area (Å²) in [7, 11) is 0. The summed E-state index contributed by atoms with van der Waals surface area (Å²) >= 11 is 0. The van der Waals surface area contributed by atoms with E-state index in [4.69, 9.17) is 5.11 Å². The Hall–Kier alpha value is -1.22. The zero-order valence-electron chi connectivity index (χ0n) is 7.49. The van der Waals surface area contributed by atoms with Gasteiger partial charge in [0, 0.05) is 0 Å². The molecule has 96 valence electrons. The zero-order valence-corrected chi connectivity index (χ0v) is 7.49. The van der Waals surface area contributed by atoms with Crippen LogP contribution in [-0.2, 0) is 4.74 Å². The fourth-order valence-corrected chi connectivity index (χ4v) is 0.669. The minimum Gasteiger partial charge on any atom is -0.450 e. The van der Waals surface area contributed by atoms with E-state index in [1.165, 1.54) is 0 Å². The Labute approximate surface area is 83.8 Å². The Bertz CT molecular complexity index is 272. The topological polar surface area (TPSA) is 46.5 Å². The normalized spacial score (nSPS) is 15.8. The molecule has 0 aliphatic carbocycles. The summed E-state index contributed by atoms with van der Waals surface area (Å²) < 4.78 is 87.7. The third-order valence-corrected chi connectivity index (χ3v) is 1.56. The second-order valence-electron chi connectivity index (χ2n) is 2.72. The van der Waals surface area contributed by atoms with Crippen molar-refractivity contribution < 1.29 is 45.4 Å². The summed E-state index contributed by atoms with van der Waals surface area (Å²) in [6.07, 6.45) is -12.0. The SMILES string of the molecule is CC(OC(=O)O)C(F)(F)C(F)(F)C(F)(F)F. The van der Waals surface area contributed by atoms with Crippen LogP contribution < -0.4 is 0 Å². The summed E-state index contributed by atoms with van der Waals surface area (Å²) in [6, 6.07) is 0. The lowest BCUT2D eigenvalue weighted by Crippen LogP contribution is -2.57. The number of hydrogen-bond acceptors (Lipinski definition) is 2. The lowest BCUT2D eigenvalue weighted by molar-refractivity contribution is -0.369. The molecule has 0 radical (unpaired) electrons. The van der Waals surface area contributed by atoms with E-state index in [-0.39, 0.29) is 6.92 Å². The highest BCUT2D eigenvalue weighted by atomic mass is 19.4. The molecule has 0 amide bonds. The molecule has 0 aliphatic rings. The number of carbonyl (C=O) groups is 1. The predicted molar refractivity (Wildman–Crippen MR) is 34.5 cm³/mol. The van der Waals surface area contributed by atoms with Crippen molar-refractivity contribution >= 4 is 6.16 Å². The number of rotatable bonds is 3. The van der Waals surface area contributed by atoms with E-state index in [0.29, 0.717) is 0 Å². The van der Waals surface area contributed by atoms with Gasteiger partial charge in [-0.1, -0.05) is 0 Å². The summed E-state index contributed by atoms with van der Waals surface area (Å²) in [6.45, 7) is 0.0910. The van der Waals surface area contributed by atoms with E-state index < -0.39 is 30.3 Å². The first-order valence-electron chi connectivity index (χ1n) is 3.56. The van der Waals surface area contributed by atoms with Crippen molar-refractivity contribution in [1.82, 2.24) is 0 Å². The van der Waals surface area contributed by atoms with Crippen LogP contribution >= 0.6 is 0 Å². The molecule has 0 rings (SSSR count). The highest BCUT2D eigenvalue weighted by Gasteiger charge is 2.75. The average molecular weight is 258 g/mol. The Morgan fingerprint density at radius 2 is 1.50 bits per heavy atom. The van der Waals surface area contributed by atoms with E-state index >= 15 is 0 Å². The third kappa shape index (κ3) is 2.47. The maximum Gasteiger partial charge on any atom is 0.506 e. The number of alkyl halides is 7. The zero-order chi connectivity index (χ0) is 13.4. The first-order valence-corrected chi connectivity index (χ1v) is 3.56. The van der Waals surface area contributed by atoms with Crippen LogP contribution in [0.2, 0.25) is 0 Å². The third-order valence-electron chi connectivity index (χ3n) is 1.56. The van der Waals surface area contributed by atoms with Crippen molar-refractivity contribution in [3.05, 3.63) is 0 Å². The minimum atomic E-state index is -6.51. The molecule has 0 spiro atoms. The van der Waals surface area contributed by atoms with Gasteiger partial charge in [-0.3, -0.25) is 0 Å². The lowest BCUT2D eigenvalue weighted by atomic mass is 10.1. The average Bonchev–Trinajstić information content (AvgIpc) is 2.00. The van der Waals surface area contributed by atoms with Gasteiger partial charge in [-0.2, -0.15) is 30.7 Å². The van der Waals surface area contributed by atoms with E-state index in [9.17, 15) is 35.5 Å². The van der Waals surface area contributed by atoms with Gasteiger partial charge in [0.2, 0.25) is 0 Å². The largest absolute Gasteiger partial charge is 0.506 e. The molecule has 0 aliphatic heterocycles. The van der Waals surface area contributed by atoms with Gasteiger partial charge >= 0.3 is 24.2 Å². The van der Waals surface area contributed by atoms with Crippen molar-refractivity contribution in [3.63, 3.8) is 0 Å². The highest BCUT2D eigenvalue weighted by molar-refractivity contribution is 5.57. The Balaban J connectivity index is 5.11. The van der Waals surface area contributed by atoms with Crippen LogP contribution in [0.4, 0.5) is 35.5 Å². The summed E-state index contributed by atoms with van der Waals surface area (Å²) in [5.41, 5.74) is 0. The Morgan fingerprint density at radius 1 is 1.12 bits per heavy atom. The van der Waals surface area contributed by atoms with Gasteiger partial charge in [0.25, 0.3) is 0 Å². The summed E-state index contributed by atoms with van der Waals surface area (Å²) in [5.74, 6) is -12.1. The van der Waals surface area contributed by atoms with Crippen molar-refractivity contribution in [2.45, 2.75) is 31.0 Å². The minimum absolute atomic E-state index is 0.0910. The highest BCUT2D eigenvalue weighted by Crippen LogP contribution is 2.48. The molecule has 3 nitrogen and oxygen atoms in total. The molecule has 1 N–H and O–H groups in total. The van der Waals surface area contributed by atoms with Crippen LogP contribution in [0.3, 0.4) is 0 Å². The molecule has 0 saturated heterocycles. The van der Waals surface area contributed by atoms with Crippen molar-refractivity contribution in [2.75, 3.05) is 0 Å². The number of halogens is 7. The predicted octanol–water partition coefficient (Wildman–Crippen LogP) is 2.90. The first kappa shape index (κ1) is 14.8. The smallest absolute Gasteiger partial charge is 0.450 e. The molecule has 10 heteroatoms. The van der Waals surface area contributed by atoms with Gasteiger partial charge in [-0.25, -0.2) is 4.79 Å². The molecule has 0 heterocycles. The van der Waals surface area contributed by atoms with Crippen LogP contribution in [0, 0.1) is 0 Å². The van der Waals surface area contributed by atoms with Crippen LogP contribution in [0.5, 0.6) is 0 Å². The monoisotopic (exact) mass is 258 g/mol. The van der Waals surface area contributed by atoms with Gasteiger partial charge in [-0.15, -0.1) is 0 Å². The van der Waals surface area contributed by atoms with E-state index in [2.05, 4.69) is 4.74 Å². The molecule has 0 aromatic carbocycles. The molecule has 1 unspecified atom stereocenters. The molecule has 0 aromatic rings. The fourth-order valence-electron chi connectivity index (χ4n) is 0.669. The second-order valence-corrected chi connectivity index (χ2v) is 2.72. The second kappa shape index (κ2) is 3.98. The van der Waals surface area contributed by atoms with E-state index in [1.54, 1.807) is 0 Å². The summed E-state index contributed by atoms with van der Waals surface area (Å²) in [5, 5.41) is 7.83. The molecule has 1 atom stereocenters. The molecule has 0 fully saturated rings. The molecule has 16 heavy (non-hydrogen) atoms. The van der Waals surface area contributed by atoms with Gasteiger partial charge in [0.15, 0.2) is 6.10 Å². The van der Waals surface area contributed by atoms with Crippen LogP contribution in [-0.4, -0.2) is 35.4 Å². The molecule has 0 bridgehead atoms. The van der Waals surface area contributed by atoms with E-state index in [0.717, 1.165) is 0 Å². The molecular weight excluding hydrogens is 253 g/mol. The molecule has 0 saturated carbocycles. The molecule has 0 aromatic heterocycles. The Kier molecular flexibility index (Phi) is 3.68. The maximum absolute atomic E-state index is 12.6. The fraction of sp³-hybridized carbons (Fsp3) is 0.833. The van der Waals surface area contributed by atoms with Gasteiger partial charge < -0.3 is 9.84 Å². The quantitative estimate of drug-likeness (QED) is 0.625. The molecular formula is C6H5F7O3. The van der Waals surface area contributed by atoms with E-state index in [1.807, 2.05) is 0 Å². The van der Waals surface area contributed by atoms with Crippen molar-refractivity contribution in [1.29, 1.82) is 0 Å². The van der Waals surface area contributed by atoms with Crippen molar-refractivity contribution in [2.24, 2.45) is 0 Å². The van der Waals surface area contributed by atoms with Gasteiger partial charge in [0.1, 0.15) is 0 Å². The summed E-state index contributed by atoms with van der Waals surface area (Å²) in [4.78, 5) is 9.75. The Morgan fingerprint density at radius 3 is 1.75 bits per heavy atom. The van der Waals surface area contributed by atoms with Crippen LogP contribution in [0.25, 0.3) is 0 Å². The number of carboxylic acid groups (broad SMARTS) is 1. The standard InChI is InChI=1S/C6H5F7O3/c1-2(16-3(14)15)4(7,8)5(9,10)6(11,12)13/h2H,1H3,(H,14,15). The van der Waals surface area contributed by atoms with Crippen molar-refractivity contribution in [3.8, 4) is 0 Å². The van der Waals surface area contributed by atoms with Gasteiger partial charge in [-0.05, 0) is 6.92 Å². The first-order chi connectivity index (χ1) is 6.84.